The van der Waals surface area contributed by atoms with Crippen molar-refractivity contribution in [2.75, 3.05) is 18.9 Å². The summed E-state index contributed by atoms with van der Waals surface area (Å²) in [5, 5.41) is 14.6. The van der Waals surface area contributed by atoms with Gasteiger partial charge in [-0.15, -0.1) is 0 Å². The minimum absolute atomic E-state index is 0.291. The first kappa shape index (κ1) is 20.8. The smallest absolute Gasteiger partial charge is 0.191 e. The van der Waals surface area contributed by atoms with Crippen molar-refractivity contribution in [3.8, 4) is 0 Å². The molecule has 1 aromatic heterocycles. The molecule has 0 bridgehead atoms. The predicted molar refractivity (Wildman–Crippen MR) is 112 cm³/mol. The number of aryl methyl sites for hydroxylation is 2. The van der Waals surface area contributed by atoms with E-state index in [0.717, 1.165) is 48.1 Å². The van der Waals surface area contributed by atoms with Gasteiger partial charge < -0.3 is 20.5 Å². The van der Waals surface area contributed by atoms with Crippen LogP contribution in [0.15, 0.2) is 39.8 Å². The van der Waals surface area contributed by atoms with Crippen molar-refractivity contribution in [3.05, 3.63) is 47.3 Å². The van der Waals surface area contributed by atoms with Crippen molar-refractivity contribution in [2.45, 2.75) is 53.1 Å². The largest absolute Gasteiger partial charge is 0.380 e. The zero-order valence-electron chi connectivity index (χ0n) is 17.2. The number of anilines is 1. The van der Waals surface area contributed by atoms with Gasteiger partial charge in [0.1, 0.15) is 5.76 Å². The average Bonchev–Trinajstić information content (AvgIpc) is 3.09. The van der Waals surface area contributed by atoms with Gasteiger partial charge in [-0.2, -0.15) is 0 Å². The third kappa shape index (κ3) is 6.01. The lowest BCUT2D eigenvalue weighted by Crippen LogP contribution is -2.44. The van der Waals surface area contributed by atoms with Gasteiger partial charge in [-0.3, -0.25) is 4.99 Å². The van der Waals surface area contributed by atoms with Crippen molar-refractivity contribution >= 4 is 11.6 Å². The van der Waals surface area contributed by atoms with Gasteiger partial charge in [0.2, 0.25) is 0 Å². The SMILES string of the molecule is CCc1noc(CC)c1CNC(=NC)NCC(Nc1ccccc1)C(C)C. The molecular formula is C21H33N5O. The van der Waals surface area contributed by atoms with E-state index in [0.29, 0.717) is 18.5 Å². The summed E-state index contributed by atoms with van der Waals surface area (Å²) in [6, 6.07) is 10.6. The first-order chi connectivity index (χ1) is 13.1. The zero-order chi connectivity index (χ0) is 19.6. The third-order valence-electron chi connectivity index (χ3n) is 4.68. The van der Waals surface area contributed by atoms with E-state index in [9.17, 15) is 0 Å². The summed E-state index contributed by atoms with van der Waals surface area (Å²) in [5.74, 6) is 2.20. The van der Waals surface area contributed by atoms with E-state index in [-0.39, 0.29) is 0 Å². The Morgan fingerprint density at radius 3 is 2.44 bits per heavy atom. The van der Waals surface area contributed by atoms with E-state index < -0.39 is 0 Å². The molecule has 1 aromatic carbocycles. The maximum Gasteiger partial charge on any atom is 0.191 e. The van der Waals surface area contributed by atoms with Crippen LogP contribution < -0.4 is 16.0 Å². The van der Waals surface area contributed by atoms with E-state index >= 15 is 0 Å². The molecule has 1 atom stereocenters. The Hall–Kier alpha value is -2.50. The van der Waals surface area contributed by atoms with E-state index in [1.807, 2.05) is 18.2 Å². The molecule has 2 aromatic rings. The van der Waals surface area contributed by atoms with Crippen molar-refractivity contribution < 1.29 is 4.52 Å². The van der Waals surface area contributed by atoms with Gasteiger partial charge in [0.25, 0.3) is 0 Å². The highest BCUT2D eigenvalue weighted by Crippen LogP contribution is 2.15. The highest BCUT2D eigenvalue weighted by Gasteiger charge is 2.16. The minimum atomic E-state index is 0.291. The number of nitrogens with zero attached hydrogens (tertiary/aromatic N) is 2. The molecule has 0 saturated carbocycles. The van der Waals surface area contributed by atoms with Crippen LogP contribution in [0.3, 0.4) is 0 Å². The van der Waals surface area contributed by atoms with Crippen LogP contribution in [-0.4, -0.2) is 30.8 Å². The molecule has 0 radical (unpaired) electrons. The highest BCUT2D eigenvalue weighted by atomic mass is 16.5. The van der Waals surface area contributed by atoms with Crippen LogP contribution >= 0.6 is 0 Å². The number of hydrogen-bond acceptors (Lipinski definition) is 4. The molecule has 27 heavy (non-hydrogen) atoms. The molecule has 1 heterocycles. The van der Waals surface area contributed by atoms with Gasteiger partial charge in [0.05, 0.1) is 5.69 Å². The summed E-state index contributed by atoms with van der Waals surface area (Å²) in [5.41, 5.74) is 3.29. The van der Waals surface area contributed by atoms with E-state index in [1.54, 1.807) is 7.05 Å². The Bertz CT molecular complexity index is 687. The van der Waals surface area contributed by atoms with Gasteiger partial charge in [0.15, 0.2) is 5.96 Å². The number of hydrogen-bond donors (Lipinski definition) is 3. The summed E-state index contributed by atoms with van der Waals surface area (Å²) >= 11 is 0. The Labute approximate surface area is 162 Å². The second-order valence-corrected chi connectivity index (χ2v) is 6.91. The lowest BCUT2D eigenvalue weighted by molar-refractivity contribution is 0.380. The summed E-state index contributed by atoms with van der Waals surface area (Å²) in [6.07, 6.45) is 1.70. The van der Waals surface area contributed by atoms with Crippen molar-refractivity contribution in [3.63, 3.8) is 0 Å². The standard InChI is InChI=1S/C21H33N5O/c1-6-18-17(20(7-2)27-26-18)13-23-21(22-5)24-14-19(15(3)4)25-16-11-9-8-10-12-16/h8-12,15,19,25H,6-7,13-14H2,1-5H3,(H2,22,23,24). The lowest BCUT2D eigenvalue weighted by Gasteiger charge is -2.25. The normalized spacial score (nSPS) is 12.9. The minimum Gasteiger partial charge on any atom is -0.380 e. The topological polar surface area (TPSA) is 74.5 Å². The third-order valence-corrected chi connectivity index (χ3v) is 4.68. The molecule has 148 valence electrons. The Morgan fingerprint density at radius 2 is 1.85 bits per heavy atom. The predicted octanol–water partition coefficient (Wildman–Crippen LogP) is 3.60. The van der Waals surface area contributed by atoms with Crippen LogP contribution in [0.25, 0.3) is 0 Å². The number of benzene rings is 1. The van der Waals surface area contributed by atoms with Crippen molar-refractivity contribution in [2.24, 2.45) is 10.9 Å². The van der Waals surface area contributed by atoms with Gasteiger partial charge >= 0.3 is 0 Å². The Balaban J connectivity index is 1.93. The quantitative estimate of drug-likeness (QED) is 0.464. The molecule has 3 N–H and O–H groups in total. The molecule has 0 aliphatic heterocycles. The van der Waals surface area contributed by atoms with Crippen LogP contribution in [-0.2, 0) is 19.4 Å². The van der Waals surface area contributed by atoms with E-state index in [1.165, 1.54) is 0 Å². The zero-order valence-corrected chi connectivity index (χ0v) is 17.2. The van der Waals surface area contributed by atoms with Gasteiger partial charge in [0, 0.05) is 43.9 Å². The van der Waals surface area contributed by atoms with Crippen molar-refractivity contribution in [1.29, 1.82) is 0 Å². The summed E-state index contributed by atoms with van der Waals surface area (Å²) < 4.78 is 5.44. The molecule has 0 aliphatic carbocycles. The number of nitrogens with one attached hydrogen (secondary N) is 3. The lowest BCUT2D eigenvalue weighted by atomic mass is 10.0. The number of aliphatic imine (C=N–C) groups is 1. The fourth-order valence-electron chi connectivity index (χ4n) is 2.94. The van der Waals surface area contributed by atoms with Crippen LogP contribution in [0.4, 0.5) is 5.69 Å². The maximum absolute atomic E-state index is 5.44. The molecule has 0 fully saturated rings. The van der Waals surface area contributed by atoms with Crippen LogP contribution in [0.2, 0.25) is 0 Å². The second-order valence-electron chi connectivity index (χ2n) is 6.91. The number of guanidine groups is 1. The molecule has 0 amide bonds. The first-order valence-corrected chi connectivity index (χ1v) is 9.81. The first-order valence-electron chi connectivity index (χ1n) is 9.81. The highest BCUT2D eigenvalue weighted by molar-refractivity contribution is 5.79. The van der Waals surface area contributed by atoms with Gasteiger partial charge in [-0.1, -0.05) is 51.1 Å². The summed E-state index contributed by atoms with van der Waals surface area (Å²) in [6.45, 7) is 10.0. The average molecular weight is 372 g/mol. The van der Waals surface area contributed by atoms with E-state index in [4.69, 9.17) is 4.52 Å². The Kier molecular flexibility index (Phi) is 8.17. The molecule has 6 nitrogen and oxygen atoms in total. The summed E-state index contributed by atoms with van der Waals surface area (Å²) in [7, 11) is 1.79. The molecular weight excluding hydrogens is 338 g/mol. The molecule has 0 spiro atoms. The maximum atomic E-state index is 5.44. The summed E-state index contributed by atoms with van der Waals surface area (Å²) in [4.78, 5) is 4.35. The van der Waals surface area contributed by atoms with Gasteiger partial charge in [-0.25, -0.2) is 0 Å². The van der Waals surface area contributed by atoms with E-state index in [2.05, 4.69) is 65.9 Å². The molecule has 1 unspecified atom stereocenters. The molecule has 6 heteroatoms. The fourth-order valence-corrected chi connectivity index (χ4v) is 2.94. The number of rotatable bonds is 9. The molecule has 0 saturated heterocycles. The van der Waals surface area contributed by atoms with Gasteiger partial charge in [-0.05, 0) is 24.5 Å². The fraction of sp³-hybridized carbons (Fsp3) is 0.524. The number of para-hydroxylation sites is 1. The molecule has 0 aliphatic rings. The Morgan fingerprint density at radius 1 is 1.11 bits per heavy atom. The van der Waals surface area contributed by atoms with Crippen LogP contribution in [0.1, 0.15) is 44.7 Å². The van der Waals surface area contributed by atoms with Crippen LogP contribution in [0.5, 0.6) is 0 Å². The second kappa shape index (κ2) is 10.6. The van der Waals surface area contributed by atoms with Crippen LogP contribution in [0, 0.1) is 5.92 Å². The van der Waals surface area contributed by atoms with Crippen molar-refractivity contribution in [1.82, 2.24) is 15.8 Å². The monoisotopic (exact) mass is 371 g/mol. The molecule has 2 rings (SSSR count). The number of aromatic nitrogens is 1.